The highest BCUT2D eigenvalue weighted by Gasteiger charge is 2.27. The molecule has 2 fully saturated rings. The molecule has 1 unspecified atom stereocenters. The van der Waals surface area contributed by atoms with Crippen LogP contribution in [0.2, 0.25) is 0 Å². The smallest absolute Gasteiger partial charge is 0.0936 e. The van der Waals surface area contributed by atoms with Crippen molar-refractivity contribution in [1.82, 2.24) is 4.90 Å². The summed E-state index contributed by atoms with van der Waals surface area (Å²) in [6.07, 6.45) is 0.528. The molecule has 1 aromatic rings. The molecule has 2 heterocycles. The summed E-state index contributed by atoms with van der Waals surface area (Å²) in [5, 5.41) is 0. The Morgan fingerprint density at radius 2 is 2.00 bits per heavy atom. The first-order chi connectivity index (χ1) is 8.31. The molecule has 3 nitrogen and oxygen atoms in total. The molecule has 1 atom stereocenters. The molecule has 0 bridgehead atoms. The maximum Gasteiger partial charge on any atom is 0.0936 e. The maximum absolute atomic E-state index is 5.28. The number of benzene rings is 1. The summed E-state index contributed by atoms with van der Waals surface area (Å²) in [5.74, 6) is 0. The predicted molar refractivity (Wildman–Crippen MR) is 69.6 cm³/mol. The van der Waals surface area contributed by atoms with E-state index in [4.69, 9.17) is 4.74 Å². The first kappa shape index (κ1) is 11.1. The van der Waals surface area contributed by atoms with Gasteiger partial charge in [0.25, 0.3) is 0 Å². The van der Waals surface area contributed by atoms with Crippen molar-refractivity contribution in [3.63, 3.8) is 0 Å². The van der Waals surface area contributed by atoms with Gasteiger partial charge < -0.3 is 9.64 Å². The standard InChI is InChI=1S/C14H20N2O/c1-12-3-2-4-13(9-12)16-7-5-15(6-8-16)10-14-11-17-14/h2-4,9,14H,5-8,10-11H2,1H3. The lowest BCUT2D eigenvalue weighted by Gasteiger charge is -2.36. The number of rotatable bonds is 3. The monoisotopic (exact) mass is 232 g/mol. The van der Waals surface area contributed by atoms with Crippen molar-refractivity contribution in [2.75, 3.05) is 44.2 Å². The molecule has 2 saturated heterocycles. The number of nitrogens with zero attached hydrogens (tertiary/aromatic N) is 2. The molecule has 0 radical (unpaired) electrons. The van der Waals surface area contributed by atoms with E-state index >= 15 is 0 Å². The SMILES string of the molecule is Cc1cccc(N2CCN(CC3CO3)CC2)c1. The fraction of sp³-hybridized carbons (Fsp3) is 0.571. The summed E-state index contributed by atoms with van der Waals surface area (Å²) >= 11 is 0. The molecule has 0 amide bonds. The number of hydrogen-bond donors (Lipinski definition) is 0. The summed E-state index contributed by atoms with van der Waals surface area (Å²) in [5.41, 5.74) is 2.71. The molecule has 0 aliphatic carbocycles. The summed E-state index contributed by atoms with van der Waals surface area (Å²) < 4.78 is 5.28. The van der Waals surface area contributed by atoms with E-state index in [1.54, 1.807) is 0 Å². The Balaban J connectivity index is 1.56. The number of hydrogen-bond acceptors (Lipinski definition) is 3. The predicted octanol–water partition coefficient (Wildman–Crippen LogP) is 1.52. The molecule has 92 valence electrons. The van der Waals surface area contributed by atoms with Gasteiger partial charge in [-0.3, -0.25) is 4.90 Å². The number of anilines is 1. The van der Waals surface area contributed by atoms with Crippen LogP contribution < -0.4 is 4.90 Å². The fourth-order valence-electron chi connectivity index (χ4n) is 2.47. The lowest BCUT2D eigenvalue weighted by atomic mass is 10.2. The molecule has 2 aliphatic rings. The first-order valence-corrected chi connectivity index (χ1v) is 6.47. The fourth-order valence-corrected chi connectivity index (χ4v) is 2.47. The van der Waals surface area contributed by atoms with E-state index in [-0.39, 0.29) is 0 Å². The molecule has 2 aliphatic heterocycles. The van der Waals surface area contributed by atoms with Gasteiger partial charge in [-0.05, 0) is 24.6 Å². The molecular weight excluding hydrogens is 212 g/mol. The van der Waals surface area contributed by atoms with Crippen LogP contribution in [0.15, 0.2) is 24.3 Å². The zero-order chi connectivity index (χ0) is 11.7. The molecule has 3 rings (SSSR count). The van der Waals surface area contributed by atoms with E-state index in [0.29, 0.717) is 6.10 Å². The lowest BCUT2D eigenvalue weighted by Crippen LogP contribution is -2.47. The van der Waals surface area contributed by atoms with Gasteiger partial charge in [-0.25, -0.2) is 0 Å². The molecular formula is C14H20N2O. The second-order valence-corrected chi connectivity index (χ2v) is 5.08. The second kappa shape index (κ2) is 4.67. The Bertz CT molecular complexity index is 382. The molecule has 0 spiro atoms. The van der Waals surface area contributed by atoms with E-state index in [9.17, 15) is 0 Å². The Kier molecular flexibility index (Phi) is 3.04. The third-order valence-electron chi connectivity index (χ3n) is 3.60. The molecule has 3 heteroatoms. The normalized spacial score (nSPS) is 25.0. The van der Waals surface area contributed by atoms with Gasteiger partial charge in [-0.15, -0.1) is 0 Å². The molecule has 17 heavy (non-hydrogen) atoms. The lowest BCUT2D eigenvalue weighted by molar-refractivity contribution is 0.230. The van der Waals surface area contributed by atoms with Gasteiger partial charge in [0.05, 0.1) is 12.7 Å². The van der Waals surface area contributed by atoms with E-state index in [2.05, 4.69) is 41.0 Å². The topological polar surface area (TPSA) is 19.0 Å². The Morgan fingerprint density at radius 3 is 2.65 bits per heavy atom. The highest BCUT2D eigenvalue weighted by Crippen LogP contribution is 2.19. The van der Waals surface area contributed by atoms with Gasteiger partial charge >= 0.3 is 0 Å². The van der Waals surface area contributed by atoms with Gasteiger partial charge in [0.15, 0.2) is 0 Å². The summed E-state index contributed by atoms with van der Waals surface area (Å²) in [6.45, 7) is 8.85. The van der Waals surface area contributed by atoms with Crippen LogP contribution >= 0.6 is 0 Å². The number of epoxide rings is 1. The van der Waals surface area contributed by atoms with Crippen LogP contribution in [-0.4, -0.2) is 50.3 Å². The van der Waals surface area contributed by atoms with Gasteiger partial charge in [-0.2, -0.15) is 0 Å². The Morgan fingerprint density at radius 1 is 1.24 bits per heavy atom. The minimum Gasteiger partial charge on any atom is -0.372 e. The minimum absolute atomic E-state index is 0.528. The van der Waals surface area contributed by atoms with Gasteiger partial charge in [0.2, 0.25) is 0 Å². The maximum atomic E-state index is 5.28. The van der Waals surface area contributed by atoms with E-state index in [0.717, 1.165) is 39.3 Å². The highest BCUT2D eigenvalue weighted by molar-refractivity contribution is 5.48. The summed E-state index contributed by atoms with van der Waals surface area (Å²) in [7, 11) is 0. The molecule has 0 N–H and O–H groups in total. The van der Waals surface area contributed by atoms with Gasteiger partial charge in [0.1, 0.15) is 0 Å². The van der Waals surface area contributed by atoms with Crippen molar-refractivity contribution in [3.05, 3.63) is 29.8 Å². The second-order valence-electron chi connectivity index (χ2n) is 5.08. The van der Waals surface area contributed by atoms with E-state index in [1.165, 1.54) is 11.3 Å². The molecule has 0 saturated carbocycles. The number of piperazine rings is 1. The first-order valence-electron chi connectivity index (χ1n) is 6.47. The zero-order valence-electron chi connectivity index (χ0n) is 10.4. The average molecular weight is 232 g/mol. The van der Waals surface area contributed by atoms with Crippen LogP contribution in [0.3, 0.4) is 0 Å². The van der Waals surface area contributed by atoms with Crippen LogP contribution in [0, 0.1) is 6.92 Å². The van der Waals surface area contributed by atoms with Gasteiger partial charge in [0, 0.05) is 38.4 Å². The van der Waals surface area contributed by atoms with Crippen LogP contribution in [-0.2, 0) is 4.74 Å². The van der Waals surface area contributed by atoms with Crippen LogP contribution in [0.1, 0.15) is 5.56 Å². The Labute approximate surface area is 103 Å². The van der Waals surface area contributed by atoms with Gasteiger partial charge in [-0.1, -0.05) is 12.1 Å². The Hall–Kier alpha value is -1.06. The molecule has 1 aromatic carbocycles. The van der Waals surface area contributed by atoms with Crippen LogP contribution in [0.5, 0.6) is 0 Å². The van der Waals surface area contributed by atoms with Crippen molar-refractivity contribution in [1.29, 1.82) is 0 Å². The third-order valence-corrected chi connectivity index (χ3v) is 3.60. The van der Waals surface area contributed by atoms with Crippen LogP contribution in [0.4, 0.5) is 5.69 Å². The van der Waals surface area contributed by atoms with Crippen LogP contribution in [0.25, 0.3) is 0 Å². The van der Waals surface area contributed by atoms with Crippen molar-refractivity contribution < 1.29 is 4.74 Å². The third kappa shape index (κ3) is 2.79. The zero-order valence-corrected chi connectivity index (χ0v) is 10.4. The van der Waals surface area contributed by atoms with Crippen molar-refractivity contribution >= 4 is 5.69 Å². The summed E-state index contributed by atoms with van der Waals surface area (Å²) in [6, 6.07) is 8.80. The van der Waals surface area contributed by atoms with E-state index in [1.807, 2.05) is 0 Å². The summed E-state index contributed by atoms with van der Waals surface area (Å²) in [4.78, 5) is 5.00. The quantitative estimate of drug-likeness (QED) is 0.736. The van der Waals surface area contributed by atoms with Crippen molar-refractivity contribution in [2.45, 2.75) is 13.0 Å². The highest BCUT2D eigenvalue weighted by atomic mass is 16.6. The van der Waals surface area contributed by atoms with Crippen molar-refractivity contribution in [3.8, 4) is 0 Å². The average Bonchev–Trinajstić information content (AvgIpc) is 3.14. The van der Waals surface area contributed by atoms with Crippen molar-refractivity contribution in [2.24, 2.45) is 0 Å². The van der Waals surface area contributed by atoms with E-state index < -0.39 is 0 Å². The molecule has 0 aromatic heterocycles. The number of ether oxygens (including phenoxy) is 1. The minimum atomic E-state index is 0.528. The largest absolute Gasteiger partial charge is 0.372 e. The number of aryl methyl sites for hydroxylation is 1.